The number of rotatable bonds is 5. The van der Waals surface area contributed by atoms with Gasteiger partial charge in [0.15, 0.2) is 0 Å². The lowest BCUT2D eigenvalue weighted by atomic mass is 9.83. The minimum atomic E-state index is -0.468. The van der Waals surface area contributed by atoms with Crippen LogP contribution >= 0.6 is 11.6 Å². The van der Waals surface area contributed by atoms with E-state index in [1.54, 1.807) is 0 Å². The summed E-state index contributed by atoms with van der Waals surface area (Å²) in [4.78, 5) is 14.3. The van der Waals surface area contributed by atoms with E-state index in [0.29, 0.717) is 5.82 Å². The van der Waals surface area contributed by atoms with E-state index >= 15 is 0 Å². The molecule has 0 amide bonds. The first-order valence-corrected chi connectivity index (χ1v) is 6.08. The zero-order valence-corrected chi connectivity index (χ0v) is 10.1. The minimum absolute atomic E-state index is 0.0638. The summed E-state index contributed by atoms with van der Waals surface area (Å²) >= 11 is 5.68. The lowest BCUT2D eigenvalue weighted by Crippen LogP contribution is -2.16. The van der Waals surface area contributed by atoms with E-state index in [-0.39, 0.29) is 10.7 Å². The average Bonchev–Trinajstić information content (AvgIpc) is 2.23. The van der Waals surface area contributed by atoms with Crippen molar-refractivity contribution in [2.75, 3.05) is 11.9 Å². The van der Waals surface area contributed by atoms with Crippen LogP contribution in [0.1, 0.15) is 25.7 Å². The molecule has 0 radical (unpaired) electrons. The van der Waals surface area contributed by atoms with Gasteiger partial charge in [-0.05, 0) is 12.3 Å². The molecule has 1 aliphatic carbocycles. The van der Waals surface area contributed by atoms with Crippen LogP contribution in [0.25, 0.3) is 0 Å². The Bertz CT molecular complexity index is 421. The Kier molecular flexibility index (Phi) is 3.78. The van der Waals surface area contributed by atoms with Gasteiger partial charge < -0.3 is 5.32 Å². The van der Waals surface area contributed by atoms with Gasteiger partial charge >= 0.3 is 5.69 Å². The van der Waals surface area contributed by atoms with E-state index in [0.717, 1.165) is 18.9 Å². The molecule has 1 aliphatic rings. The van der Waals surface area contributed by atoms with E-state index in [9.17, 15) is 10.1 Å². The summed E-state index contributed by atoms with van der Waals surface area (Å²) in [6, 6.07) is 1.32. The number of aromatic nitrogens is 1. The Morgan fingerprint density at radius 2 is 2.35 bits per heavy atom. The number of anilines is 1. The summed E-state index contributed by atoms with van der Waals surface area (Å²) in [6.45, 7) is 0.722. The van der Waals surface area contributed by atoms with Crippen LogP contribution in [0.3, 0.4) is 0 Å². The normalized spacial score (nSPS) is 15.4. The molecule has 0 unspecified atom stereocenters. The number of hydrogen-bond donors (Lipinski definition) is 1. The van der Waals surface area contributed by atoms with Gasteiger partial charge in [-0.1, -0.05) is 30.9 Å². The fourth-order valence-corrected chi connectivity index (χ4v) is 2.03. The van der Waals surface area contributed by atoms with Crippen molar-refractivity contribution in [3.63, 3.8) is 0 Å². The second-order valence-corrected chi connectivity index (χ2v) is 4.73. The second kappa shape index (κ2) is 5.31. The average molecular weight is 256 g/mol. The molecule has 0 bridgehead atoms. The zero-order valence-electron chi connectivity index (χ0n) is 9.36. The highest BCUT2D eigenvalue weighted by molar-refractivity contribution is 6.30. The smallest absolute Gasteiger partial charge is 0.312 e. The van der Waals surface area contributed by atoms with Crippen molar-refractivity contribution < 1.29 is 4.92 Å². The maximum Gasteiger partial charge on any atom is 0.312 e. The number of nitro groups is 1. The Morgan fingerprint density at radius 1 is 1.59 bits per heavy atom. The highest BCUT2D eigenvalue weighted by atomic mass is 35.5. The third-order valence-corrected chi connectivity index (χ3v) is 3.31. The number of nitrogens with one attached hydrogen (secondary N) is 1. The third kappa shape index (κ3) is 3.06. The highest BCUT2D eigenvalue weighted by Gasteiger charge is 2.19. The zero-order chi connectivity index (χ0) is 12.3. The van der Waals surface area contributed by atoms with Crippen molar-refractivity contribution in [3.05, 3.63) is 27.4 Å². The predicted octanol–water partition coefficient (Wildman–Crippen LogP) is 3.25. The van der Waals surface area contributed by atoms with Crippen LogP contribution in [0.15, 0.2) is 12.3 Å². The summed E-state index contributed by atoms with van der Waals surface area (Å²) in [6.07, 6.45) is 6.32. The van der Waals surface area contributed by atoms with E-state index in [1.165, 1.54) is 31.5 Å². The molecule has 1 fully saturated rings. The molecule has 2 rings (SSSR count). The molecule has 5 nitrogen and oxygen atoms in total. The Morgan fingerprint density at radius 3 is 2.94 bits per heavy atom. The van der Waals surface area contributed by atoms with Gasteiger partial charge in [0, 0.05) is 18.8 Å². The number of hydrogen-bond acceptors (Lipinski definition) is 4. The molecule has 0 atom stereocenters. The van der Waals surface area contributed by atoms with Crippen LogP contribution < -0.4 is 5.32 Å². The number of nitrogens with zero attached hydrogens (tertiary/aromatic N) is 2. The molecule has 6 heteroatoms. The van der Waals surface area contributed by atoms with Crippen molar-refractivity contribution in [3.8, 4) is 0 Å². The van der Waals surface area contributed by atoms with Gasteiger partial charge in [0.2, 0.25) is 5.82 Å². The Labute approximate surface area is 104 Å². The van der Waals surface area contributed by atoms with Crippen LogP contribution in [-0.2, 0) is 0 Å². The van der Waals surface area contributed by atoms with Gasteiger partial charge in [-0.25, -0.2) is 4.98 Å². The molecule has 92 valence electrons. The molecule has 1 aromatic rings. The van der Waals surface area contributed by atoms with Gasteiger partial charge in [-0.2, -0.15) is 0 Å². The number of halogens is 1. The molecule has 17 heavy (non-hydrogen) atoms. The largest absolute Gasteiger partial charge is 0.364 e. The molecular formula is C11H14ClN3O2. The van der Waals surface area contributed by atoms with E-state index in [1.807, 2.05) is 0 Å². The monoisotopic (exact) mass is 255 g/mol. The summed E-state index contributed by atoms with van der Waals surface area (Å²) in [5.41, 5.74) is -0.0638. The molecule has 1 aromatic heterocycles. The summed E-state index contributed by atoms with van der Waals surface area (Å²) in [7, 11) is 0. The molecular weight excluding hydrogens is 242 g/mol. The first-order chi connectivity index (χ1) is 8.16. The van der Waals surface area contributed by atoms with Gasteiger partial charge in [0.25, 0.3) is 0 Å². The molecule has 0 aromatic carbocycles. The van der Waals surface area contributed by atoms with Crippen molar-refractivity contribution in [1.82, 2.24) is 4.98 Å². The lowest BCUT2D eigenvalue weighted by Gasteiger charge is -2.25. The molecule has 0 spiro atoms. The van der Waals surface area contributed by atoms with E-state index in [4.69, 9.17) is 11.6 Å². The molecule has 1 saturated carbocycles. The Hall–Kier alpha value is -1.36. The van der Waals surface area contributed by atoms with Crippen LogP contribution in [0.5, 0.6) is 0 Å². The molecule has 1 N–H and O–H groups in total. The highest BCUT2D eigenvalue weighted by Crippen LogP contribution is 2.30. The summed E-state index contributed by atoms with van der Waals surface area (Å²) < 4.78 is 0. The van der Waals surface area contributed by atoms with Gasteiger partial charge in [0.05, 0.1) is 9.95 Å². The molecule has 0 saturated heterocycles. The third-order valence-electron chi connectivity index (χ3n) is 3.10. The molecule has 1 heterocycles. The van der Waals surface area contributed by atoms with E-state index in [2.05, 4.69) is 10.3 Å². The van der Waals surface area contributed by atoms with Gasteiger partial charge in [-0.15, -0.1) is 0 Å². The maximum absolute atomic E-state index is 10.8. The first-order valence-electron chi connectivity index (χ1n) is 5.70. The molecule has 0 aliphatic heterocycles. The van der Waals surface area contributed by atoms with Crippen LogP contribution in [-0.4, -0.2) is 16.5 Å². The fourth-order valence-electron chi connectivity index (χ4n) is 1.88. The van der Waals surface area contributed by atoms with Crippen molar-refractivity contribution in [2.24, 2.45) is 5.92 Å². The second-order valence-electron chi connectivity index (χ2n) is 4.29. The topological polar surface area (TPSA) is 68.1 Å². The van der Waals surface area contributed by atoms with Crippen molar-refractivity contribution >= 4 is 23.1 Å². The van der Waals surface area contributed by atoms with Crippen molar-refractivity contribution in [2.45, 2.75) is 25.7 Å². The van der Waals surface area contributed by atoms with Gasteiger partial charge in [0.1, 0.15) is 0 Å². The van der Waals surface area contributed by atoms with Crippen molar-refractivity contribution in [1.29, 1.82) is 0 Å². The number of pyridine rings is 1. The minimum Gasteiger partial charge on any atom is -0.364 e. The maximum atomic E-state index is 10.8. The Balaban J connectivity index is 1.96. The van der Waals surface area contributed by atoms with Crippen LogP contribution in [0.4, 0.5) is 11.5 Å². The predicted molar refractivity (Wildman–Crippen MR) is 66.3 cm³/mol. The lowest BCUT2D eigenvalue weighted by molar-refractivity contribution is -0.384. The quantitative estimate of drug-likeness (QED) is 0.648. The SMILES string of the molecule is O=[N+]([O-])c1cc(Cl)cnc1NCCC1CCC1. The van der Waals surface area contributed by atoms with Crippen LogP contribution in [0, 0.1) is 16.0 Å². The fraction of sp³-hybridized carbons (Fsp3) is 0.545. The summed E-state index contributed by atoms with van der Waals surface area (Å²) in [5.74, 6) is 1.08. The summed E-state index contributed by atoms with van der Waals surface area (Å²) in [5, 5.41) is 14.1. The standard InChI is InChI=1S/C11H14ClN3O2/c12-9-6-10(15(16)17)11(14-7-9)13-5-4-8-2-1-3-8/h6-8H,1-5H2,(H,13,14). The van der Waals surface area contributed by atoms with Gasteiger partial charge in [-0.3, -0.25) is 10.1 Å². The van der Waals surface area contributed by atoms with Crippen LogP contribution in [0.2, 0.25) is 5.02 Å². The first kappa shape index (κ1) is 12.1. The van der Waals surface area contributed by atoms with E-state index < -0.39 is 4.92 Å².